The van der Waals surface area contributed by atoms with Crippen molar-refractivity contribution in [3.05, 3.63) is 17.7 Å². The smallest absolute Gasteiger partial charge is 0.329 e. The fraction of sp³-hybridized carbons (Fsp3) is 0.690. The molecule has 216 valence electrons. The van der Waals surface area contributed by atoms with E-state index >= 15 is 0 Å². The number of carbonyl (C=O) groups excluding carboxylic acids is 3. The Bertz CT molecular complexity index is 1000. The fourth-order valence-corrected chi connectivity index (χ4v) is 7.79. The Balaban J connectivity index is 1.35. The highest BCUT2D eigenvalue weighted by Crippen LogP contribution is 2.61. The molecule has 9 nitrogen and oxygen atoms in total. The van der Waals surface area contributed by atoms with Crippen LogP contribution in [0.25, 0.3) is 0 Å². The first-order valence-corrected chi connectivity index (χ1v) is 15.2. The molecule has 0 heterocycles. The molecule has 4 saturated carbocycles. The van der Waals surface area contributed by atoms with Crippen LogP contribution in [0, 0.1) is 23.2 Å². The van der Waals surface area contributed by atoms with E-state index in [1.165, 1.54) is 72.0 Å². The third kappa shape index (κ3) is 6.58. The summed E-state index contributed by atoms with van der Waals surface area (Å²) < 4.78 is 21.4. The zero-order chi connectivity index (χ0) is 28.2. The molecule has 0 radical (unpaired) electrons. The van der Waals surface area contributed by atoms with E-state index in [2.05, 4.69) is 17.6 Å². The summed E-state index contributed by atoms with van der Waals surface area (Å²) in [6, 6.07) is 2.18. The molecule has 0 aromatic heterocycles. The maximum absolute atomic E-state index is 13.1. The summed E-state index contributed by atoms with van der Waals surface area (Å²) in [5.74, 6) is 2.60. The molecule has 2 atom stereocenters. The van der Waals surface area contributed by atoms with Gasteiger partial charge in [0.1, 0.15) is 6.04 Å². The van der Waals surface area contributed by atoms with Gasteiger partial charge in [-0.3, -0.25) is 9.59 Å². The molecule has 0 saturated heterocycles. The van der Waals surface area contributed by atoms with Gasteiger partial charge in [0, 0.05) is 11.6 Å². The van der Waals surface area contributed by atoms with Gasteiger partial charge in [-0.15, -0.1) is 0 Å². The first kappa shape index (κ1) is 29.4. The third-order valence-corrected chi connectivity index (χ3v) is 9.50. The van der Waals surface area contributed by atoms with Crippen LogP contribution in [-0.4, -0.2) is 69.8 Å². The molecular weight excluding hydrogens is 520 g/mol. The SMILES string of the molecule is COc1cc(C(=O)NC(CCSC)C(=O)OCC(=O)NC(C)C23CC4CC(CC(C4)C2)C3)cc(OC)c1OC. The summed E-state index contributed by atoms with van der Waals surface area (Å²) in [4.78, 5) is 38.9. The summed E-state index contributed by atoms with van der Waals surface area (Å²) in [5, 5.41) is 5.88. The third-order valence-electron chi connectivity index (χ3n) is 8.85. The number of benzene rings is 1. The lowest BCUT2D eigenvalue weighted by atomic mass is 9.48. The Morgan fingerprint density at radius 1 is 0.949 bits per heavy atom. The lowest BCUT2D eigenvalue weighted by Crippen LogP contribution is -2.56. The van der Waals surface area contributed by atoms with Crippen molar-refractivity contribution in [2.24, 2.45) is 23.2 Å². The number of methoxy groups -OCH3 is 3. The van der Waals surface area contributed by atoms with Crippen molar-refractivity contribution in [2.45, 2.75) is 64.0 Å². The Hall–Kier alpha value is -2.62. The van der Waals surface area contributed by atoms with Gasteiger partial charge in [-0.2, -0.15) is 11.8 Å². The quantitative estimate of drug-likeness (QED) is 0.349. The van der Waals surface area contributed by atoms with Crippen LogP contribution in [0.3, 0.4) is 0 Å². The maximum atomic E-state index is 13.1. The monoisotopic (exact) mass is 562 g/mol. The Kier molecular flexibility index (Phi) is 9.56. The van der Waals surface area contributed by atoms with Crippen LogP contribution in [0.5, 0.6) is 17.2 Å². The molecule has 2 amide bonds. The second-order valence-electron chi connectivity index (χ2n) is 11.4. The van der Waals surface area contributed by atoms with Crippen LogP contribution < -0.4 is 24.8 Å². The van der Waals surface area contributed by atoms with Gasteiger partial charge < -0.3 is 29.6 Å². The van der Waals surface area contributed by atoms with Crippen molar-refractivity contribution in [1.82, 2.24) is 10.6 Å². The largest absolute Gasteiger partial charge is 0.493 e. The maximum Gasteiger partial charge on any atom is 0.329 e. The lowest BCUT2D eigenvalue weighted by molar-refractivity contribution is -0.151. The number of carbonyl (C=O) groups is 3. The molecule has 4 fully saturated rings. The molecule has 0 aliphatic heterocycles. The minimum absolute atomic E-state index is 0.0455. The van der Waals surface area contributed by atoms with Gasteiger partial charge >= 0.3 is 5.97 Å². The van der Waals surface area contributed by atoms with Gasteiger partial charge in [0.05, 0.1) is 21.3 Å². The van der Waals surface area contributed by atoms with Crippen LogP contribution in [0.2, 0.25) is 0 Å². The Labute approximate surface area is 235 Å². The van der Waals surface area contributed by atoms with E-state index in [1.54, 1.807) is 11.8 Å². The summed E-state index contributed by atoms with van der Waals surface area (Å²) in [6.45, 7) is 1.73. The number of hydrogen-bond acceptors (Lipinski definition) is 8. The average molecular weight is 563 g/mol. The Morgan fingerprint density at radius 2 is 1.51 bits per heavy atom. The van der Waals surface area contributed by atoms with Gasteiger partial charge in [-0.1, -0.05) is 0 Å². The van der Waals surface area contributed by atoms with Crippen LogP contribution >= 0.6 is 11.8 Å². The minimum atomic E-state index is -0.905. The highest BCUT2D eigenvalue weighted by molar-refractivity contribution is 7.98. The van der Waals surface area contributed by atoms with Crippen molar-refractivity contribution in [2.75, 3.05) is 39.9 Å². The molecule has 39 heavy (non-hydrogen) atoms. The second kappa shape index (κ2) is 12.7. The number of rotatable bonds is 13. The highest BCUT2D eigenvalue weighted by atomic mass is 32.2. The second-order valence-corrected chi connectivity index (χ2v) is 12.4. The zero-order valence-electron chi connectivity index (χ0n) is 23.7. The van der Waals surface area contributed by atoms with E-state index in [4.69, 9.17) is 18.9 Å². The summed E-state index contributed by atoms with van der Waals surface area (Å²) >= 11 is 1.55. The molecule has 4 bridgehead atoms. The van der Waals surface area contributed by atoms with E-state index in [9.17, 15) is 14.4 Å². The standard InChI is InChI=1S/C29H42N2O7S/c1-17(29-13-18-8-19(14-29)10-20(9-18)15-29)30-25(32)16-38-28(34)22(6-7-39-5)31-27(33)21-11-23(35-2)26(37-4)24(12-21)36-3/h11-12,17-20,22H,6-10,13-16H2,1-5H3,(H,30,32)(H,31,33). The van der Waals surface area contributed by atoms with Crippen LogP contribution in [0.15, 0.2) is 12.1 Å². The molecule has 2 unspecified atom stereocenters. The predicted octanol–water partition coefficient (Wildman–Crippen LogP) is 3.83. The number of nitrogens with one attached hydrogen (secondary N) is 2. The molecule has 10 heteroatoms. The molecule has 0 spiro atoms. The van der Waals surface area contributed by atoms with Gasteiger partial charge in [-0.05, 0) is 99.2 Å². The first-order chi connectivity index (χ1) is 18.7. The summed E-state index contributed by atoms with van der Waals surface area (Å²) in [6.07, 6.45) is 9.87. The normalized spacial score (nSPS) is 26.3. The fourth-order valence-electron chi connectivity index (χ4n) is 7.32. The average Bonchev–Trinajstić information content (AvgIpc) is 2.92. The number of amides is 2. The highest BCUT2D eigenvalue weighted by Gasteiger charge is 2.53. The molecule has 1 aromatic carbocycles. The van der Waals surface area contributed by atoms with E-state index in [0.717, 1.165) is 17.8 Å². The van der Waals surface area contributed by atoms with Crippen molar-refractivity contribution >= 4 is 29.5 Å². The van der Waals surface area contributed by atoms with Crippen molar-refractivity contribution in [3.8, 4) is 17.2 Å². The lowest BCUT2D eigenvalue weighted by Gasteiger charge is -2.59. The molecule has 5 rings (SSSR count). The predicted molar refractivity (Wildman–Crippen MR) is 150 cm³/mol. The van der Waals surface area contributed by atoms with Crippen LogP contribution in [-0.2, 0) is 14.3 Å². The van der Waals surface area contributed by atoms with Crippen LogP contribution in [0.4, 0.5) is 0 Å². The van der Waals surface area contributed by atoms with E-state index in [1.807, 2.05) is 6.26 Å². The Morgan fingerprint density at radius 3 is 2.00 bits per heavy atom. The van der Waals surface area contributed by atoms with Gasteiger partial charge in [-0.25, -0.2) is 4.79 Å². The number of ether oxygens (including phenoxy) is 4. The first-order valence-electron chi connectivity index (χ1n) is 13.8. The van der Waals surface area contributed by atoms with Gasteiger partial charge in [0.25, 0.3) is 11.8 Å². The number of esters is 1. The molecular formula is C29H42N2O7S. The molecule has 2 N–H and O–H groups in total. The minimum Gasteiger partial charge on any atom is -0.493 e. The summed E-state index contributed by atoms with van der Waals surface area (Å²) in [5.41, 5.74) is 0.414. The van der Waals surface area contributed by atoms with Crippen LogP contribution in [0.1, 0.15) is 62.2 Å². The molecule has 4 aliphatic rings. The topological polar surface area (TPSA) is 112 Å². The summed E-state index contributed by atoms with van der Waals surface area (Å²) in [7, 11) is 4.41. The number of thioether (sulfide) groups is 1. The van der Waals surface area contributed by atoms with E-state index in [-0.39, 0.29) is 29.5 Å². The zero-order valence-corrected chi connectivity index (χ0v) is 24.5. The van der Waals surface area contributed by atoms with E-state index in [0.29, 0.717) is 29.4 Å². The molecule has 1 aromatic rings. The molecule has 4 aliphatic carbocycles. The van der Waals surface area contributed by atoms with Gasteiger partial charge in [0.15, 0.2) is 18.1 Å². The van der Waals surface area contributed by atoms with Crippen molar-refractivity contribution < 1.29 is 33.3 Å². The van der Waals surface area contributed by atoms with Crippen molar-refractivity contribution in [1.29, 1.82) is 0 Å². The number of hydrogen-bond donors (Lipinski definition) is 2. The van der Waals surface area contributed by atoms with E-state index < -0.39 is 17.9 Å². The van der Waals surface area contributed by atoms with Gasteiger partial charge in [0.2, 0.25) is 5.75 Å². The van der Waals surface area contributed by atoms with Crippen molar-refractivity contribution in [3.63, 3.8) is 0 Å².